The van der Waals surface area contributed by atoms with Gasteiger partial charge >= 0.3 is 0 Å². The molecule has 1 atom stereocenters. The number of benzene rings is 2. The summed E-state index contributed by atoms with van der Waals surface area (Å²) in [5, 5.41) is 8.31. The molecule has 5 rings (SSSR count). The fourth-order valence-corrected chi connectivity index (χ4v) is 5.70. The van der Waals surface area contributed by atoms with E-state index in [1.165, 1.54) is 32.3 Å². The minimum Gasteiger partial charge on any atom is -0.373 e. The van der Waals surface area contributed by atoms with E-state index in [1.807, 2.05) is 0 Å². The topological polar surface area (TPSA) is 29.1 Å². The van der Waals surface area contributed by atoms with Crippen LogP contribution in [-0.4, -0.2) is 5.78 Å². The van der Waals surface area contributed by atoms with Crippen LogP contribution in [0.5, 0.6) is 0 Å². The predicted octanol–water partition coefficient (Wildman–Crippen LogP) is 6.52. The Morgan fingerprint density at radius 2 is 1.89 bits per heavy atom. The molecule has 0 amide bonds. The summed E-state index contributed by atoms with van der Waals surface area (Å²) >= 11 is 1.74. The zero-order chi connectivity index (χ0) is 18.8. The van der Waals surface area contributed by atoms with E-state index in [1.54, 1.807) is 11.3 Å². The van der Waals surface area contributed by atoms with Crippen molar-refractivity contribution in [2.24, 2.45) is 5.41 Å². The molecule has 1 aliphatic carbocycles. The Hall–Kier alpha value is -2.39. The molecule has 2 heterocycles. The van der Waals surface area contributed by atoms with Crippen LogP contribution >= 0.6 is 11.3 Å². The number of ketones is 1. The summed E-state index contributed by atoms with van der Waals surface area (Å²) < 4.78 is 0. The van der Waals surface area contributed by atoms with Crippen molar-refractivity contribution in [3.63, 3.8) is 0 Å². The van der Waals surface area contributed by atoms with E-state index >= 15 is 0 Å². The predicted molar refractivity (Wildman–Crippen MR) is 114 cm³/mol. The summed E-state index contributed by atoms with van der Waals surface area (Å²) in [5.41, 5.74) is 5.87. The quantitative estimate of drug-likeness (QED) is 0.526. The highest BCUT2D eigenvalue weighted by Crippen LogP contribution is 2.52. The number of aryl methyl sites for hydroxylation is 1. The second-order valence-electron chi connectivity index (χ2n) is 8.59. The zero-order valence-corrected chi connectivity index (χ0v) is 16.7. The summed E-state index contributed by atoms with van der Waals surface area (Å²) in [6.45, 7) is 6.57. The van der Waals surface area contributed by atoms with E-state index in [0.29, 0.717) is 12.2 Å². The minimum atomic E-state index is -0.0303. The molecule has 0 spiro atoms. The Kier molecular flexibility index (Phi) is 3.60. The van der Waals surface area contributed by atoms with E-state index in [4.69, 9.17) is 0 Å². The Bertz CT molecular complexity index is 1120. The summed E-state index contributed by atoms with van der Waals surface area (Å²) in [5.74, 6) is 0.296. The normalized spacial score (nSPS) is 21.0. The molecule has 0 saturated carbocycles. The Morgan fingerprint density at radius 1 is 1.07 bits per heavy atom. The Balaban J connectivity index is 1.83. The van der Waals surface area contributed by atoms with E-state index < -0.39 is 0 Å². The number of carbonyl (C=O) groups excluding carboxylic acids is 1. The summed E-state index contributed by atoms with van der Waals surface area (Å²) in [4.78, 5) is 14.6. The third-order valence-electron chi connectivity index (χ3n) is 5.90. The molecule has 1 aliphatic heterocycles. The molecule has 0 fully saturated rings. The van der Waals surface area contributed by atoms with E-state index in [0.717, 1.165) is 17.7 Å². The molecule has 0 saturated heterocycles. The number of Topliss-reactive ketones (excluding diaryl/α,β-unsaturated/α-hetero) is 1. The molecule has 136 valence electrons. The molecular formula is C24H23NOS. The second kappa shape index (κ2) is 5.80. The van der Waals surface area contributed by atoms with Crippen molar-refractivity contribution in [3.8, 4) is 0 Å². The van der Waals surface area contributed by atoms with Crippen molar-refractivity contribution in [2.45, 2.75) is 39.7 Å². The van der Waals surface area contributed by atoms with Gasteiger partial charge in [-0.25, -0.2) is 0 Å². The lowest BCUT2D eigenvalue weighted by Crippen LogP contribution is -2.33. The van der Waals surface area contributed by atoms with Crippen molar-refractivity contribution in [1.29, 1.82) is 0 Å². The van der Waals surface area contributed by atoms with Gasteiger partial charge in [0.25, 0.3) is 0 Å². The van der Waals surface area contributed by atoms with Gasteiger partial charge < -0.3 is 5.32 Å². The average molecular weight is 374 g/mol. The van der Waals surface area contributed by atoms with Gasteiger partial charge in [0.15, 0.2) is 5.78 Å². The number of allylic oxidation sites excluding steroid dienone is 1. The maximum absolute atomic E-state index is 13.3. The fourth-order valence-electron chi connectivity index (χ4n) is 4.71. The molecule has 1 aromatic heterocycles. The number of hydrogen-bond donors (Lipinski definition) is 1. The number of nitrogens with one attached hydrogen (secondary N) is 1. The number of thiophene rings is 1. The lowest BCUT2D eigenvalue weighted by Gasteiger charge is -2.40. The number of anilines is 1. The highest BCUT2D eigenvalue weighted by molar-refractivity contribution is 7.10. The van der Waals surface area contributed by atoms with Crippen molar-refractivity contribution in [1.82, 2.24) is 0 Å². The molecule has 0 radical (unpaired) electrons. The number of rotatable bonds is 1. The van der Waals surface area contributed by atoms with Crippen molar-refractivity contribution in [3.05, 3.63) is 69.4 Å². The van der Waals surface area contributed by atoms with Crippen molar-refractivity contribution in [2.75, 3.05) is 5.32 Å². The van der Waals surface area contributed by atoms with Crippen LogP contribution in [-0.2, 0) is 4.79 Å². The molecular weight excluding hydrogens is 350 g/mol. The van der Waals surface area contributed by atoms with Gasteiger partial charge in [0.05, 0.1) is 6.04 Å². The average Bonchev–Trinajstić information content (AvgIpc) is 3.05. The lowest BCUT2D eigenvalue weighted by atomic mass is 9.68. The van der Waals surface area contributed by atoms with Crippen LogP contribution in [0.1, 0.15) is 48.7 Å². The SMILES string of the molecule is Cc1ccsc1[C@H]1Nc2ccc3ccccc3c2C2=C1C(=O)CC(C)(C)C2. The van der Waals surface area contributed by atoms with Gasteiger partial charge in [0.2, 0.25) is 0 Å². The lowest BCUT2D eigenvalue weighted by molar-refractivity contribution is -0.118. The van der Waals surface area contributed by atoms with Crippen LogP contribution in [0.15, 0.2) is 53.4 Å². The Labute approximate surface area is 163 Å². The minimum absolute atomic E-state index is 0.00346. The molecule has 2 nitrogen and oxygen atoms in total. The number of fused-ring (bicyclic) bond motifs is 4. The first-order chi connectivity index (χ1) is 12.9. The van der Waals surface area contributed by atoms with Crippen molar-refractivity contribution < 1.29 is 4.79 Å². The molecule has 0 unspecified atom stereocenters. The van der Waals surface area contributed by atoms with Crippen LogP contribution in [0, 0.1) is 12.3 Å². The van der Waals surface area contributed by atoms with E-state index in [2.05, 4.69) is 73.9 Å². The molecule has 2 aliphatic rings. The fraction of sp³-hybridized carbons (Fsp3) is 0.292. The summed E-state index contributed by atoms with van der Waals surface area (Å²) in [6.07, 6.45) is 1.56. The largest absolute Gasteiger partial charge is 0.373 e. The maximum atomic E-state index is 13.3. The first-order valence-electron chi connectivity index (χ1n) is 9.53. The zero-order valence-electron chi connectivity index (χ0n) is 15.9. The monoisotopic (exact) mass is 373 g/mol. The van der Waals surface area contributed by atoms with E-state index in [-0.39, 0.29) is 11.5 Å². The third-order valence-corrected chi connectivity index (χ3v) is 6.99. The van der Waals surface area contributed by atoms with Crippen LogP contribution in [0.2, 0.25) is 0 Å². The van der Waals surface area contributed by atoms with Gasteiger partial charge in [0, 0.05) is 28.1 Å². The standard InChI is InChI=1S/C24H23NOS/c1-14-10-11-27-23(14)22-21-17(12-24(2,3)13-19(21)26)20-16-7-5-4-6-15(16)8-9-18(20)25-22/h4-11,22,25H,12-13H2,1-3H3/t22-/m0/s1. The van der Waals surface area contributed by atoms with Crippen LogP contribution in [0.25, 0.3) is 16.3 Å². The molecule has 2 aromatic carbocycles. The molecule has 0 bridgehead atoms. The first-order valence-corrected chi connectivity index (χ1v) is 10.4. The second-order valence-corrected chi connectivity index (χ2v) is 9.54. The van der Waals surface area contributed by atoms with Gasteiger partial charge in [-0.15, -0.1) is 11.3 Å². The van der Waals surface area contributed by atoms with Crippen LogP contribution < -0.4 is 5.32 Å². The molecule has 27 heavy (non-hydrogen) atoms. The van der Waals surface area contributed by atoms with Crippen LogP contribution in [0.4, 0.5) is 5.69 Å². The third kappa shape index (κ3) is 2.56. The molecule has 3 heteroatoms. The highest BCUT2D eigenvalue weighted by atomic mass is 32.1. The summed E-state index contributed by atoms with van der Waals surface area (Å²) in [7, 11) is 0. The molecule has 3 aromatic rings. The van der Waals surface area contributed by atoms with Crippen molar-refractivity contribution >= 4 is 39.2 Å². The maximum Gasteiger partial charge on any atom is 0.162 e. The van der Waals surface area contributed by atoms with E-state index in [9.17, 15) is 4.79 Å². The smallest absolute Gasteiger partial charge is 0.162 e. The summed E-state index contributed by atoms with van der Waals surface area (Å²) in [6, 6.07) is 15.0. The van der Waals surface area contributed by atoms with Crippen LogP contribution in [0.3, 0.4) is 0 Å². The van der Waals surface area contributed by atoms with Gasteiger partial charge in [-0.3, -0.25) is 4.79 Å². The Morgan fingerprint density at radius 3 is 2.67 bits per heavy atom. The number of carbonyl (C=O) groups is 1. The van der Waals surface area contributed by atoms with Gasteiger partial charge in [-0.1, -0.05) is 44.2 Å². The van der Waals surface area contributed by atoms with Gasteiger partial charge in [-0.05, 0) is 58.2 Å². The van der Waals surface area contributed by atoms with Gasteiger partial charge in [0.1, 0.15) is 0 Å². The molecule has 1 N–H and O–H groups in total. The first kappa shape index (κ1) is 16.8. The highest BCUT2D eigenvalue weighted by Gasteiger charge is 2.41. The number of hydrogen-bond acceptors (Lipinski definition) is 3. The van der Waals surface area contributed by atoms with Gasteiger partial charge in [-0.2, -0.15) is 0 Å².